The molecule has 0 unspecified atom stereocenters. The number of ether oxygens (including phenoxy) is 1. The van der Waals surface area contributed by atoms with E-state index in [0.29, 0.717) is 0 Å². The van der Waals surface area contributed by atoms with E-state index in [2.05, 4.69) is 23.5 Å². The Labute approximate surface area is 145 Å². The first-order chi connectivity index (χ1) is 12.2. The highest BCUT2D eigenvalue weighted by molar-refractivity contribution is 5.72. The summed E-state index contributed by atoms with van der Waals surface area (Å²) in [6.07, 6.45) is -0.936. The third kappa shape index (κ3) is 3.06. The van der Waals surface area contributed by atoms with E-state index < -0.39 is 12.2 Å². The minimum atomic E-state index is -0.481. The molecule has 0 radical (unpaired) electrons. The number of carbonyl (C=O) groups excluding carboxylic acids is 1. The SMILES string of the molecule is O=C1N[C@H](c2cccc(-c3ccccc3)c2)[C@@H](c2cccc(O)c2)O1. The molecular formula is C21H17NO3. The predicted octanol–water partition coefficient (Wildman–Crippen LogP) is 4.58. The van der Waals surface area contributed by atoms with Crippen molar-refractivity contribution >= 4 is 6.09 Å². The zero-order valence-corrected chi connectivity index (χ0v) is 13.4. The first-order valence-electron chi connectivity index (χ1n) is 8.12. The summed E-state index contributed by atoms with van der Waals surface area (Å²) in [7, 11) is 0. The zero-order chi connectivity index (χ0) is 17.2. The Kier molecular flexibility index (Phi) is 3.86. The van der Waals surface area contributed by atoms with Crippen molar-refractivity contribution in [3.05, 3.63) is 90.0 Å². The van der Waals surface area contributed by atoms with E-state index in [9.17, 15) is 9.90 Å². The van der Waals surface area contributed by atoms with Crippen LogP contribution in [0.3, 0.4) is 0 Å². The minimum Gasteiger partial charge on any atom is -0.508 e. The van der Waals surface area contributed by atoms with Crippen LogP contribution in [0.5, 0.6) is 5.75 Å². The summed E-state index contributed by atoms with van der Waals surface area (Å²) in [5.74, 6) is 0.150. The number of aromatic hydroxyl groups is 1. The minimum absolute atomic E-state index is 0.150. The normalized spacial score (nSPS) is 19.3. The van der Waals surface area contributed by atoms with E-state index in [4.69, 9.17) is 4.74 Å². The van der Waals surface area contributed by atoms with Crippen LogP contribution in [0.4, 0.5) is 4.79 Å². The van der Waals surface area contributed by atoms with Gasteiger partial charge in [0.2, 0.25) is 0 Å². The summed E-state index contributed by atoms with van der Waals surface area (Å²) in [5, 5.41) is 12.6. The Morgan fingerprint density at radius 3 is 2.32 bits per heavy atom. The predicted molar refractivity (Wildman–Crippen MR) is 95.1 cm³/mol. The Hall–Kier alpha value is -3.27. The van der Waals surface area contributed by atoms with Gasteiger partial charge in [-0.15, -0.1) is 0 Å². The molecular weight excluding hydrogens is 314 g/mol. The Morgan fingerprint density at radius 2 is 1.52 bits per heavy atom. The number of hydrogen-bond acceptors (Lipinski definition) is 3. The number of rotatable bonds is 3. The maximum absolute atomic E-state index is 11.9. The fourth-order valence-electron chi connectivity index (χ4n) is 3.18. The van der Waals surface area contributed by atoms with Crippen LogP contribution in [-0.4, -0.2) is 11.2 Å². The molecule has 0 aromatic heterocycles. The average molecular weight is 331 g/mol. The molecule has 124 valence electrons. The zero-order valence-electron chi connectivity index (χ0n) is 13.4. The van der Waals surface area contributed by atoms with E-state index in [1.807, 2.05) is 42.5 Å². The molecule has 1 fully saturated rings. The van der Waals surface area contributed by atoms with Crippen LogP contribution in [0, 0.1) is 0 Å². The molecule has 0 bridgehead atoms. The van der Waals surface area contributed by atoms with Crippen molar-refractivity contribution in [1.82, 2.24) is 5.32 Å². The second-order valence-corrected chi connectivity index (χ2v) is 6.03. The molecule has 1 saturated heterocycles. The van der Waals surface area contributed by atoms with Gasteiger partial charge in [-0.3, -0.25) is 0 Å². The molecule has 1 heterocycles. The molecule has 1 aliphatic heterocycles. The topological polar surface area (TPSA) is 58.6 Å². The van der Waals surface area contributed by atoms with Crippen molar-refractivity contribution in [1.29, 1.82) is 0 Å². The van der Waals surface area contributed by atoms with Crippen LogP contribution in [0.1, 0.15) is 23.3 Å². The van der Waals surface area contributed by atoms with Gasteiger partial charge in [0.25, 0.3) is 0 Å². The van der Waals surface area contributed by atoms with Gasteiger partial charge in [0.1, 0.15) is 5.75 Å². The van der Waals surface area contributed by atoms with Crippen molar-refractivity contribution in [2.75, 3.05) is 0 Å². The average Bonchev–Trinajstić information content (AvgIpc) is 3.04. The van der Waals surface area contributed by atoms with Gasteiger partial charge in [0.05, 0.1) is 6.04 Å². The van der Waals surface area contributed by atoms with Gasteiger partial charge in [-0.1, -0.05) is 60.7 Å². The summed E-state index contributed by atoms with van der Waals surface area (Å²) >= 11 is 0. The highest BCUT2D eigenvalue weighted by atomic mass is 16.6. The largest absolute Gasteiger partial charge is 0.508 e. The highest BCUT2D eigenvalue weighted by Crippen LogP contribution is 2.38. The summed E-state index contributed by atoms with van der Waals surface area (Å²) in [6, 6.07) is 24.6. The van der Waals surface area contributed by atoms with Crippen molar-refractivity contribution in [3.8, 4) is 16.9 Å². The smallest absolute Gasteiger partial charge is 0.408 e. The van der Waals surface area contributed by atoms with Crippen LogP contribution in [-0.2, 0) is 4.74 Å². The lowest BCUT2D eigenvalue weighted by molar-refractivity contribution is 0.132. The number of amides is 1. The van der Waals surface area contributed by atoms with Gasteiger partial charge < -0.3 is 15.2 Å². The maximum atomic E-state index is 11.9. The lowest BCUT2D eigenvalue weighted by Crippen LogP contribution is -2.19. The first kappa shape index (κ1) is 15.3. The van der Waals surface area contributed by atoms with Gasteiger partial charge >= 0.3 is 6.09 Å². The summed E-state index contributed by atoms with van der Waals surface area (Å²) in [5.41, 5.74) is 3.91. The number of nitrogens with one attached hydrogen (secondary N) is 1. The maximum Gasteiger partial charge on any atom is 0.408 e. The van der Waals surface area contributed by atoms with E-state index in [-0.39, 0.29) is 11.8 Å². The molecule has 2 atom stereocenters. The Bertz CT molecular complexity index is 908. The van der Waals surface area contributed by atoms with Gasteiger partial charge in [-0.05, 0) is 40.5 Å². The number of alkyl carbamates (subject to hydrolysis) is 1. The number of benzene rings is 3. The van der Waals surface area contributed by atoms with Crippen LogP contribution in [0.2, 0.25) is 0 Å². The lowest BCUT2D eigenvalue weighted by atomic mass is 9.94. The monoisotopic (exact) mass is 331 g/mol. The molecule has 3 aromatic carbocycles. The molecule has 0 saturated carbocycles. The third-order valence-corrected chi connectivity index (χ3v) is 4.36. The van der Waals surface area contributed by atoms with E-state index in [1.165, 1.54) is 0 Å². The van der Waals surface area contributed by atoms with Crippen LogP contribution < -0.4 is 5.32 Å². The molecule has 4 heteroatoms. The summed E-state index contributed by atoms with van der Waals surface area (Å²) in [4.78, 5) is 11.9. The second kappa shape index (κ2) is 6.32. The quantitative estimate of drug-likeness (QED) is 0.738. The molecule has 25 heavy (non-hydrogen) atoms. The second-order valence-electron chi connectivity index (χ2n) is 6.03. The van der Waals surface area contributed by atoms with E-state index in [1.54, 1.807) is 18.2 Å². The molecule has 1 amide bonds. The van der Waals surface area contributed by atoms with Gasteiger partial charge in [-0.25, -0.2) is 4.79 Å². The van der Waals surface area contributed by atoms with Gasteiger partial charge in [0, 0.05) is 0 Å². The summed E-state index contributed by atoms with van der Waals surface area (Å²) < 4.78 is 5.45. The standard InChI is InChI=1S/C21H17NO3/c23-18-11-5-10-17(13-18)20-19(22-21(24)25-20)16-9-4-8-15(12-16)14-6-2-1-3-7-14/h1-13,19-20,23H,(H,22,24)/t19-,20-/m1/s1. The number of hydrogen-bond donors (Lipinski definition) is 2. The number of phenolic OH excluding ortho intramolecular Hbond substituents is 1. The van der Waals surface area contributed by atoms with Crippen molar-refractivity contribution in [3.63, 3.8) is 0 Å². The van der Waals surface area contributed by atoms with Crippen LogP contribution >= 0.6 is 0 Å². The fraction of sp³-hybridized carbons (Fsp3) is 0.0952. The Morgan fingerprint density at radius 1 is 0.800 bits per heavy atom. The van der Waals surface area contributed by atoms with Crippen molar-refractivity contribution < 1.29 is 14.6 Å². The summed E-state index contributed by atoms with van der Waals surface area (Å²) in [6.45, 7) is 0. The van der Waals surface area contributed by atoms with E-state index in [0.717, 1.165) is 22.3 Å². The number of cyclic esters (lactones) is 1. The molecule has 0 spiro atoms. The van der Waals surface area contributed by atoms with Crippen LogP contribution in [0.25, 0.3) is 11.1 Å². The molecule has 0 aliphatic carbocycles. The van der Waals surface area contributed by atoms with Crippen molar-refractivity contribution in [2.45, 2.75) is 12.1 Å². The number of phenols is 1. The first-order valence-corrected chi connectivity index (χ1v) is 8.12. The molecule has 3 aromatic rings. The Balaban J connectivity index is 1.71. The van der Waals surface area contributed by atoms with E-state index >= 15 is 0 Å². The molecule has 4 rings (SSSR count). The number of carbonyl (C=O) groups is 1. The highest BCUT2D eigenvalue weighted by Gasteiger charge is 2.36. The lowest BCUT2D eigenvalue weighted by Gasteiger charge is -2.18. The third-order valence-electron chi connectivity index (χ3n) is 4.36. The molecule has 1 aliphatic rings. The van der Waals surface area contributed by atoms with Crippen LogP contribution in [0.15, 0.2) is 78.9 Å². The molecule has 2 N–H and O–H groups in total. The fourth-order valence-corrected chi connectivity index (χ4v) is 3.18. The van der Waals surface area contributed by atoms with Gasteiger partial charge in [0.15, 0.2) is 6.10 Å². The molecule has 4 nitrogen and oxygen atoms in total. The van der Waals surface area contributed by atoms with Gasteiger partial charge in [-0.2, -0.15) is 0 Å². The van der Waals surface area contributed by atoms with Crippen molar-refractivity contribution in [2.24, 2.45) is 0 Å².